The molecular weight excluding hydrogens is 617 g/mol. The van der Waals surface area contributed by atoms with Crippen molar-refractivity contribution in [2.24, 2.45) is 0 Å². The highest BCUT2D eigenvalue weighted by Gasteiger charge is 2.21. The van der Waals surface area contributed by atoms with E-state index in [1.165, 1.54) is 0 Å². The first-order valence-electron chi connectivity index (χ1n) is 16.5. The molecule has 0 saturated heterocycles. The van der Waals surface area contributed by atoms with Gasteiger partial charge in [0.05, 0.1) is 11.4 Å². The van der Waals surface area contributed by atoms with E-state index in [1.807, 2.05) is 121 Å². The molecule has 4 heterocycles. The Bertz CT molecular complexity index is 2800. The molecule has 0 N–H and O–H groups in total. The molecule has 10 aromatic rings. The minimum atomic E-state index is 0.638. The van der Waals surface area contributed by atoms with E-state index < -0.39 is 0 Å². The molecule has 6 nitrogen and oxygen atoms in total. The minimum Gasteiger partial charge on any atom is -0.456 e. The van der Waals surface area contributed by atoms with Gasteiger partial charge in [-0.25, -0.2) is 19.9 Å². The number of benzene rings is 6. The van der Waals surface area contributed by atoms with Crippen LogP contribution in [0.1, 0.15) is 0 Å². The van der Waals surface area contributed by atoms with Crippen molar-refractivity contribution < 1.29 is 8.83 Å². The summed E-state index contributed by atoms with van der Waals surface area (Å²) in [6.07, 6.45) is 0. The number of hydrogen-bond donors (Lipinski definition) is 0. The highest BCUT2D eigenvalue weighted by atomic mass is 16.3. The highest BCUT2D eigenvalue weighted by molar-refractivity contribution is 6.13. The molecular formula is C44H26N4O2. The van der Waals surface area contributed by atoms with E-state index in [4.69, 9.17) is 28.8 Å². The van der Waals surface area contributed by atoms with Crippen LogP contribution in [0.2, 0.25) is 0 Å². The molecule has 10 rings (SSSR count). The van der Waals surface area contributed by atoms with Gasteiger partial charge in [0.2, 0.25) is 0 Å². The third-order valence-corrected chi connectivity index (χ3v) is 9.13. The van der Waals surface area contributed by atoms with Gasteiger partial charge in [-0.2, -0.15) is 0 Å². The van der Waals surface area contributed by atoms with Crippen molar-refractivity contribution in [1.82, 2.24) is 19.9 Å². The SMILES string of the molecule is c1ccc(-c2cc(-c3cccc4oc5cc(-c6nc(-c7ccccc7)nc7c6oc6ccccc67)ccc5c34)nc(-c3ccccc3)n2)cc1. The summed E-state index contributed by atoms with van der Waals surface area (Å²) in [7, 11) is 0. The molecule has 50 heavy (non-hydrogen) atoms. The fourth-order valence-electron chi connectivity index (χ4n) is 6.75. The summed E-state index contributed by atoms with van der Waals surface area (Å²) in [6.45, 7) is 0. The van der Waals surface area contributed by atoms with Gasteiger partial charge in [0.25, 0.3) is 0 Å². The van der Waals surface area contributed by atoms with Gasteiger partial charge >= 0.3 is 0 Å². The molecule has 4 aromatic heterocycles. The molecule has 0 amide bonds. The maximum atomic E-state index is 6.57. The molecule has 0 unspecified atom stereocenters. The van der Waals surface area contributed by atoms with Gasteiger partial charge in [-0.15, -0.1) is 0 Å². The smallest absolute Gasteiger partial charge is 0.180 e. The van der Waals surface area contributed by atoms with E-state index in [0.29, 0.717) is 22.9 Å². The lowest BCUT2D eigenvalue weighted by molar-refractivity contribution is 0.666. The fraction of sp³-hybridized carbons (Fsp3) is 0. The Morgan fingerprint density at radius 1 is 0.380 bits per heavy atom. The van der Waals surface area contributed by atoms with Crippen LogP contribution in [0, 0.1) is 0 Å². The van der Waals surface area contributed by atoms with Crippen LogP contribution in [-0.2, 0) is 0 Å². The quantitative estimate of drug-likeness (QED) is 0.186. The van der Waals surface area contributed by atoms with E-state index in [-0.39, 0.29) is 0 Å². The molecule has 234 valence electrons. The lowest BCUT2D eigenvalue weighted by Gasteiger charge is -2.10. The van der Waals surface area contributed by atoms with Crippen LogP contribution in [-0.4, -0.2) is 19.9 Å². The van der Waals surface area contributed by atoms with Gasteiger partial charge in [-0.05, 0) is 36.4 Å². The molecule has 0 spiro atoms. The number of furan rings is 2. The Labute approximate surface area is 286 Å². The molecule has 0 aliphatic carbocycles. The largest absolute Gasteiger partial charge is 0.456 e. The number of para-hydroxylation sites is 1. The van der Waals surface area contributed by atoms with Crippen molar-refractivity contribution >= 4 is 44.0 Å². The van der Waals surface area contributed by atoms with E-state index in [2.05, 4.69) is 36.4 Å². The Morgan fingerprint density at radius 3 is 1.78 bits per heavy atom. The first-order valence-corrected chi connectivity index (χ1v) is 16.5. The Kier molecular flexibility index (Phi) is 6.39. The van der Waals surface area contributed by atoms with E-state index in [0.717, 1.165) is 77.6 Å². The summed E-state index contributed by atoms with van der Waals surface area (Å²) in [5, 5.41) is 2.93. The third-order valence-electron chi connectivity index (χ3n) is 9.13. The number of fused-ring (bicyclic) bond motifs is 6. The molecule has 0 saturated carbocycles. The Balaban J connectivity index is 1.17. The normalized spacial score (nSPS) is 11.6. The zero-order valence-corrected chi connectivity index (χ0v) is 26.6. The van der Waals surface area contributed by atoms with Crippen LogP contribution in [0.5, 0.6) is 0 Å². The third kappa shape index (κ3) is 4.65. The van der Waals surface area contributed by atoms with Crippen LogP contribution in [0.15, 0.2) is 167 Å². The van der Waals surface area contributed by atoms with Crippen LogP contribution in [0.4, 0.5) is 0 Å². The van der Waals surface area contributed by atoms with E-state index in [9.17, 15) is 0 Å². The van der Waals surface area contributed by atoms with Crippen molar-refractivity contribution in [3.8, 4) is 56.5 Å². The molecule has 0 atom stereocenters. The summed E-state index contributed by atoms with van der Waals surface area (Å²) in [5.74, 6) is 1.31. The zero-order valence-electron chi connectivity index (χ0n) is 26.6. The summed E-state index contributed by atoms with van der Waals surface area (Å²) in [4.78, 5) is 20.2. The average molecular weight is 643 g/mol. The fourth-order valence-corrected chi connectivity index (χ4v) is 6.75. The van der Waals surface area contributed by atoms with Gasteiger partial charge in [-0.3, -0.25) is 0 Å². The summed E-state index contributed by atoms with van der Waals surface area (Å²) in [6, 6.07) is 52.8. The molecule has 0 bridgehead atoms. The summed E-state index contributed by atoms with van der Waals surface area (Å²) in [5.41, 5.74) is 10.9. The van der Waals surface area contributed by atoms with Gasteiger partial charge in [-0.1, -0.05) is 121 Å². The summed E-state index contributed by atoms with van der Waals surface area (Å²) >= 11 is 0. The second kappa shape index (κ2) is 11.4. The Morgan fingerprint density at radius 2 is 1.02 bits per heavy atom. The number of aromatic nitrogens is 4. The van der Waals surface area contributed by atoms with Crippen LogP contribution in [0.25, 0.3) is 101 Å². The number of hydrogen-bond acceptors (Lipinski definition) is 6. The Hall–Kier alpha value is -6.92. The maximum Gasteiger partial charge on any atom is 0.180 e. The topological polar surface area (TPSA) is 77.8 Å². The van der Waals surface area contributed by atoms with E-state index >= 15 is 0 Å². The summed E-state index contributed by atoms with van der Waals surface area (Å²) < 4.78 is 13.0. The average Bonchev–Trinajstić information content (AvgIpc) is 3.76. The first kappa shape index (κ1) is 28.1. The van der Waals surface area contributed by atoms with Gasteiger partial charge < -0.3 is 8.83 Å². The molecule has 6 heteroatoms. The van der Waals surface area contributed by atoms with Crippen LogP contribution < -0.4 is 0 Å². The van der Waals surface area contributed by atoms with Crippen molar-refractivity contribution in [2.75, 3.05) is 0 Å². The second-order valence-corrected chi connectivity index (χ2v) is 12.2. The van der Waals surface area contributed by atoms with Gasteiger partial charge in [0, 0.05) is 44.0 Å². The minimum absolute atomic E-state index is 0.638. The standard InChI is InChI=1S/C44H26N4O2/c1-4-13-27(14-5-1)34-26-35(46-43(45-34)28-15-6-2-7-16-28)31-20-12-22-37-39(31)32-24-23-30(25-38(32)49-37)40-42-41(33-19-10-11-21-36(33)50-42)48-44(47-40)29-17-8-3-9-18-29/h1-26H. The maximum absolute atomic E-state index is 6.57. The van der Waals surface area contributed by atoms with Gasteiger partial charge in [0.1, 0.15) is 28.0 Å². The molecule has 0 aliphatic rings. The van der Waals surface area contributed by atoms with Crippen molar-refractivity contribution in [3.63, 3.8) is 0 Å². The van der Waals surface area contributed by atoms with Crippen molar-refractivity contribution in [3.05, 3.63) is 158 Å². The van der Waals surface area contributed by atoms with Gasteiger partial charge in [0.15, 0.2) is 17.2 Å². The predicted octanol–water partition coefficient (Wildman–Crippen LogP) is 11.4. The lowest BCUT2D eigenvalue weighted by atomic mass is 10.0. The van der Waals surface area contributed by atoms with Crippen molar-refractivity contribution in [2.45, 2.75) is 0 Å². The van der Waals surface area contributed by atoms with Crippen LogP contribution in [0.3, 0.4) is 0 Å². The zero-order chi connectivity index (χ0) is 33.0. The predicted molar refractivity (Wildman–Crippen MR) is 199 cm³/mol. The highest BCUT2D eigenvalue weighted by Crippen LogP contribution is 2.41. The lowest BCUT2D eigenvalue weighted by Crippen LogP contribution is -1.96. The second-order valence-electron chi connectivity index (χ2n) is 12.2. The molecule has 0 aliphatic heterocycles. The molecule has 0 radical (unpaired) electrons. The molecule has 0 fully saturated rings. The monoisotopic (exact) mass is 642 g/mol. The van der Waals surface area contributed by atoms with E-state index in [1.54, 1.807) is 0 Å². The number of nitrogens with zero attached hydrogens (tertiary/aromatic N) is 4. The van der Waals surface area contributed by atoms with Crippen LogP contribution >= 0.6 is 0 Å². The van der Waals surface area contributed by atoms with Crippen molar-refractivity contribution in [1.29, 1.82) is 0 Å². The number of rotatable bonds is 5. The first-order chi connectivity index (χ1) is 24.8. The molecule has 6 aromatic carbocycles.